The lowest BCUT2D eigenvalue weighted by Crippen LogP contribution is -2.24. The fourth-order valence-corrected chi connectivity index (χ4v) is 2.13. The van der Waals surface area contributed by atoms with Gasteiger partial charge in [0.1, 0.15) is 0 Å². The van der Waals surface area contributed by atoms with Gasteiger partial charge in [0, 0.05) is 28.9 Å². The van der Waals surface area contributed by atoms with Crippen molar-refractivity contribution in [3.63, 3.8) is 0 Å². The first-order chi connectivity index (χ1) is 7.09. The van der Waals surface area contributed by atoms with Gasteiger partial charge in [-0.2, -0.15) is 0 Å². The standard InChI is InChI=1S/C12H20N2S/c1-9(2)14-6-7-15-11-4-5-12(13)10(3)8-11/h4-5,8-9,14H,6-7,13H2,1-3H3. The maximum Gasteiger partial charge on any atom is 0.0344 e. The average molecular weight is 224 g/mol. The Morgan fingerprint density at radius 3 is 2.73 bits per heavy atom. The summed E-state index contributed by atoms with van der Waals surface area (Å²) in [4.78, 5) is 1.30. The molecule has 3 N–H and O–H groups in total. The molecule has 0 heterocycles. The number of rotatable bonds is 5. The summed E-state index contributed by atoms with van der Waals surface area (Å²) in [6.45, 7) is 7.42. The molecule has 3 heteroatoms. The summed E-state index contributed by atoms with van der Waals surface area (Å²) in [5, 5.41) is 3.40. The lowest BCUT2D eigenvalue weighted by atomic mass is 10.2. The summed E-state index contributed by atoms with van der Waals surface area (Å²) >= 11 is 1.87. The number of benzene rings is 1. The number of nitrogens with one attached hydrogen (secondary N) is 1. The third-order valence-corrected chi connectivity index (χ3v) is 3.16. The predicted octanol–water partition coefficient (Wildman–Crippen LogP) is 2.67. The SMILES string of the molecule is Cc1cc(SCCNC(C)C)ccc1N. The summed E-state index contributed by atoms with van der Waals surface area (Å²) < 4.78 is 0. The molecule has 0 saturated heterocycles. The van der Waals surface area contributed by atoms with E-state index >= 15 is 0 Å². The number of hydrogen-bond acceptors (Lipinski definition) is 3. The van der Waals surface area contributed by atoms with Crippen molar-refractivity contribution in [3.8, 4) is 0 Å². The molecule has 0 fully saturated rings. The Balaban J connectivity index is 2.35. The number of hydrogen-bond donors (Lipinski definition) is 2. The number of nitrogens with two attached hydrogens (primary N) is 1. The molecule has 0 atom stereocenters. The van der Waals surface area contributed by atoms with Gasteiger partial charge in [0.2, 0.25) is 0 Å². The second kappa shape index (κ2) is 6.03. The van der Waals surface area contributed by atoms with Gasteiger partial charge in [0.25, 0.3) is 0 Å². The van der Waals surface area contributed by atoms with Gasteiger partial charge >= 0.3 is 0 Å². The first-order valence-electron chi connectivity index (χ1n) is 5.32. The molecule has 0 spiro atoms. The lowest BCUT2D eigenvalue weighted by molar-refractivity contribution is 0.616. The van der Waals surface area contributed by atoms with Crippen molar-refractivity contribution in [2.45, 2.75) is 31.7 Å². The van der Waals surface area contributed by atoms with E-state index in [2.05, 4.69) is 31.3 Å². The smallest absolute Gasteiger partial charge is 0.0344 e. The summed E-state index contributed by atoms with van der Waals surface area (Å²) in [5.74, 6) is 1.10. The highest BCUT2D eigenvalue weighted by Crippen LogP contribution is 2.21. The van der Waals surface area contributed by atoms with Gasteiger partial charge in [-0.1, -0.05) is 13.8 Å². The molecule has 1 rings (SSSR count). The van der Waals surface area contributed by atoms with E-state index in [1.54, 1.807) is 0 Å². The molecule has 0 bridgehead atoms. The van der Waals surface area contributed by atoms with Crippen LogP contribution in [0, 0.1) is 6.92 Å². The highest BCUT2D eigenvalue weighted by Gasteiger charge is 1.98. The van der Waals surface area contributed by atoms with Gasteiger partial charge in [-0.3, -0.25) is 0 Å². The van der Waals surface area contributed by atoms with Gasteiger partial charge < -0.3 is 11.1 Å². The van der Waals surface area contributed by atoms with Crippen LogP contribution in [-0.4, -0.2) is 18.3 Å². The highest BCUT2D eigenvalue weighted by molar-refractivity contribution is 7.99. The van der Waals surface area contributed by atoms with E-state index in [0.717, 1.165) is 23.5 Å². The Labute approximate surface area is 96.6 Å². The number of thioether (sulfide) groups is 1. The minimum absolute atomic E-state index is 0.568. The fraction of sp³-hybridized carbons (Fsp3) is 0.500. The van der Waals surface area contributed by atoms with Crippen molar-refractivity contribution in [1.29, 1.82) is 0 Å². The molecule has 0 amide bonds. The zero-order chi connectivity index (χ0) is 11.3. The van der Waals surface area contributed by atoms with Gasteiger partial charge in [0.15, 0.2) is 0 Å². The van der Waals surface area contributed by atoms with Crippen LogP contribution in [0.2, 0.25) is 0 Å². The van der Waals surface area contributed by atoms with E-state index in [1.165, 1.54) is 4.90 Å². The topological polar surface area (TPSA) is 38.0 Å². The second-order valence-corrected chi connectivity index (χ2v) is 5.14. The zero-order valence-corrected chi connectivity index (χ0v) is 10.5. The first-order valence-corrected chi connectivity index (χ1v) is 6.30. The van der Waals surface area contributed by atoms with Crippen LogP contribution in [-0.2, 0) is 0 Å². The van der Waals surface area contributed by atoms with Gasteiger partial charge in [0.05, 0.1) is 0 Å². The van der Waals surface area contributed by atoms with E-state index in [1.807, 2.05) is 24.8 Å². The van der Waals surface area contributed by atoms with Crippen LogP contribution in [0.25, 0.3) is 0 Å². The molecule has 84 valence electrons. The third kappa shape index (κ3) is 4.58. The Hall–Kier alpha value is -0.670. The number of anilines is 1. The molecule has 1 aromatic rings. The van der Waals surface area contributed by atoms with E-state index in [0.29, 0.717) is 6.04 Å². The first kappa shape index (κ1) is 12.4. The Bertz CT molecular complexity index is 310. The monoisotopic (exact) mass is 224 g/mol. The molecule has 0 aliphatic rings. The molecular formula is C12H20N2S. The van der Waals surface area contributed by atoms with Gasteiger partial charge in [-0.05, 0) is 30.7 Å². The molecule has 0 aliphatic heterocycles. The summed E-state index contributed by atoms with van der Waals surface area (Å²) in [6.07, 6.45) is 0. The van der Waals surface area contributed by atoms with Crippen molar-refractivity contribution in [1.82, 2.24) is 5.32 Å². The van der Waals surface area contributed by atoms with Crippen LogP contribution in [0.1, 0.15) is 19.4 Å². The Morgan fingerprint density at radius 1 is 1.40 bits per heavy atom. The zero-order valence-electron chi connectivity index (χ0n) is 9.71. The van der Waals surface area contributed by atoms with Crippen molar-refractivity contribution < 1.29 is 0 Å². The maximum absolute atomic E-state index is 5.76. The van der Waals surface area contributed by atoms with Crippen LogP contribution in [0.15, 0.2) is 23.1 Å². The third-order valence-electron chi connectivity index (χ3n) is 2.16. The van der Waals surface area contributed by atoms with Crippen molar-refractivity contribution >= 4 is 17.4 Å². The molecule has 0 radical (unpaired) electrons. The maximum atomic E-state index is 5.76. The Morgan fingerprint density at radius 2 is 2.13 bits per heavy atom. The molecule has 0 unspecified atom stereocenters. The highest BCUT2D eigenvalue weighted by atomic mass is 32.2. The summed E-state index contributed by atoms with van der Waals surface area (Å²) in [7, 11) is 0. The molecule has 2 nitrogen and oxygen atoms in total. The van der Waals surface area contributed by atoms with Crippen LogP contribution in [0.4, 0.5) is 5.69 Å². The molecule has 1 aromatic carbocycles. The predicted molar refractivity (Wildman–Crippen MR) is 69.5 cm³/mol. The quantitative estimate of drug-likeness (QED) is 0.459. The minimum Gasteiger partial charge on any atom is -0.399 e. The average Bonchev–Trinajstić information content (AvgIpc) is 2.18. The molecule has 0 saturated carbocycles. The second-order valence-electron chi connectivity index (χ2n) is 3.98. The van der Waals surface area contributed by atoms with E-state index < -0.39 is 0 Å². The largest absolute Gasteiger partial charge is 0.399 e. The van der Waals surface area contributed by atoms with Crippen LogP contribution < -0.4 is 11.1 Å². The lowest BCUT2D eigenvalue weighted by Gasteiger charge is -2.08. The van der Waals surface area contributed by atoms with Crippen molar-refractivity contribution in [3.05, 3.63) is 23.8 Å². The van der Waals surface area contributed by atoms with E-state index in [9.17, 15) is 0 Å². The van der Waals surface area contributed by atoms with E-state index in [4.69, 9.17) is 5.73 Å². The van der Waals surface area contributed by atoms with Gasteiger partial charge in [-0.15, -0.1) is 11.8 Å². The van der Waals surface area contributed by atoms with Crippen LogP contribution in [0.3, 0.4) is 0 Å². The van der Waals surface area contributed by atoms with Crippen LogP contribution >= 0.6 is 11.8 Å². The van der Waals surface area contributed by atoms with Gasteiger partial charge in [-0.25, -0.2) is 0 Å². The summed E-state index contributed by atoms with van der Waals surface area (Å²) in [5.41, 5.74) is 7.80. The van der Waals surface area contributed by atoms with Crippen LogP contribution in [0.5, 0.6) is 0 Å². The number of aryl methyl sites for hydroxylation is 1. The van der Waals surface area contributed by atoms with E-state index in [-0.39, 0.29) is 0 Å². The van der Waals surface area contributed by atoms with Crippen molar-refractivity contribution in [2.75, 3.05) is 18.0 Å². The fourth-order valence-electron chi connectivity index (χ4n) is 1.25. The molecule has 0 aromatic heterocycles. The Kier molecular flexibility index (Phi) is 4.99. The summed E-state index contributed by atoms with van der Waals surface area (Å²) in [6, 6.07) is 6.78. The normalized spacial score (nSPS) is 10.9. The van der Waals surface area contributed by atoms with Crippen molar-refractivity contribution in [2.24, 2.45) is 0 Å². The molecular weight excluding hydrogens is 204 g/mol. The number of nitrogen functional groups attached to an aromatic ring is 1. The molecule has 15 heavy (non-hydrogen) atoms. The molecule has 0 aliphatic carbocycles. The minimum atomic E-state index is 0.568.